The molecule has 0 radical (unpaired) electrons. The molecule has 112 valence electrons. The molecule has 0 aromatic carbocycles. The van der Waals surface area contributed by atoms with Crippen LogP contribution in [-0.4, -0.2) is 34.7 Å². The average Bonchev–Trinajstić information content (AvgIpc) is 2.45. The maximum absolute atomic E-state index is 12.0. The van der Waals surface area contributed by atoms with Gasteiger partial charge in [-0.25, -0.2) is 4.79 Å². The Balaban J connectivity index is 1.84. The fraction of sp³-hybridized carbons (Fsp3) is 0.529. The van der Waals surface area contributed by atoms with Crippen LogP contribution < -0.4 is 0 Å². The first-order chi connectivity index (χ1) is 9.94. The van der Waals surface area contributed by atoms with Crippen molar-refractivity contribution < 1.29 is 9.53 Å². The lowest BCUT2D eigenvalue weighted by Crippen LogP contribution is -2.41. The summed E-state index contributed by atoms with van der Waals surface area (Å²) in [7, 11) is 0. The number of hydrogen-bond acceptors (Lipinski definition) is 3. The molecular weight excluding hydrogens is 264 g/mol. The molecule has 4 nitrogen and oxygen atoms in total. The Morgan fingerprint density at radius 3 is 2.48 bits per heavy atom. The van der Waals surface area contributed by atoms with Crippen molar-refractivity contribution in [3.63, 3.8) is 0 Å². The van der Waals surface area contributed by atoms with E-state index in [0.717, 1.165) is 18.4 Å². The van der Waals surface area contributed by atoms with Crippen molar-refractivity contribution in [1.29, 1.82) is 0 Å². The quantitative estimate of drug-likeness (QED) is 0.688. The van der Waals surface area contributed by atoms with Crippen molar-refractivity contribution in [1.82, 2.24) is 9.88 Å². The predicted molar refractivity (Wildman–Crippen MR) is 81.6 cm³/mol. The first kappa shape index (κ1) is 15.4. The minimum absolute atomic E-state index is 0.219. The largest absolute Gasteiger partial charge is 0.444 e. The summed E-state index contributed by atoms with van der Waals surface area (Å²) in [6.07, 6.45) is 5.07. The molecule has 0 N–H and O–H groups in total. The molecule has 1 aliphatic rings. The molecule has 0 aliphatic carbocycles. The monoisotopic (exact) mass is 286 g/mol. The lowest BCUT2D eigenvalue weighted by atomic mass is 9.97. The van der Waals surface area contributed by atoms with Gasteiger partial charge >= 0.3 is 6.09 Å². The van der Waals surface area contributed by atoms with Gasteiger partial charge in [-0.05, 0) is 45.7 Å². The van der Waals surface area contributed by atoms with Crippen LogP contribution in [-0.2, 0) is 4.74 Å². The standard InChI is InChI=1S/C17H22N2O2/c1-17(2,3)21-16(20)19-12-8-15(9-13-19)5-4-14-6-10-18-11-7-14/h6-7,10-11,15H,8-9,12-13H2,1-3H3. The maximum atomic E-state index is 12.0. The minimum atomic E-state index is -0.435. The van der Waals surface area contributed by atoms with Gasteiger partial charge < -0.3 is 9.64 Å². The summed E-state index contributed by atoms with van der Waals surface area (Å²) in [5.74, 6) is 6.81. The Bertz CT molecular complexity index is 529. The number of aromatic nitrogens is 1. The van der Waals surface area contributed by atoms with E-state index < -0.39 is 5.60 Å². The lowest BCUT2D eigenvalue weighted by molar-refractivity contribution is 0.0199. The van der Waals surface area contributed by atoms with E-state index in [0.29, 0.717) is 19.0 Å². The molecule has 0 unspecified atom stereocenters. The Morgan fingerprint density at radius 2 is 1.90 bits per heavy atom. The Morgan fingerprint density at radius 1 is 1.29 bits per heavy atom. The molecule has 1 aliphatic heterocycles. The van der Waals surface area contributed by atoms with Crippen LogP contribution in [0.5, 0.6) is 0 Å². The molecule has 0 saturated carbocycles. The van der Waals surface area contributed by atoms with Crippen LogP contribution in [0.1, 0.15) is 39.2 Å². The normalized spacial score (nSPS) is 16.0. The molecule has 0 atom stereocenters. The molecule has 1 aromatic heterocycles. The highest BCUT2D eigenvalue weighted by Gasteiger charge is 2.26. The Hall–Kier alpha value is -2.02. The van der Waals surface area contributed by atoms with E-state index in [-0.39, 0.29) is 6.09 Å². The molecule has 0 bridgehead atoms. The van der Waals surface area contributed by atoms with Crippen LogP contribution in [0.4, 0.5) is 4.79 Å². The predicted octanol–water partition coefficient (Wildman–Crippen LogP) is 3.08. The van der Waals surface area contributed by atoms with E-state index in [1.165, 1.54) is 0 Å². The third-order valence-electron chi connectivity index (χ3n) is 3.25. The highest BCUT2D eigenvalue weighted by atomic mass is 16.6. The van der Waals surface area contributed by atoms with Gasteiger partial charge in [-0.15, -0.1) is 0 Å². The third kappa shape index (κ3) is 5.11. The van der Waals surface area contributed by atoms with Crippen molar-refractivity contribution in [3.05, 3.63) is 30.1 Å². The maximum Gasteiger partial charge on any atom is 0.410 e. The van der Waals surface area contributed by atoms with Gasteiger partial charge in [-0.3, -0.25) is 4.98 Å². The number of piperidine rings is 1. The number of rotatable bonds is 0. The van der Waals surface area contributed by atoms with Crippen molar-refractivity contribution in [2.24, 2.45) is 5.92 Å². The molecule has 1 amide bonds. The summed E-state index contributed by atoms with van der Waals surface area (Å²) in [6.45, 7) is 7.09. The number of carbonyl (C=O) groups excluding carboxylic acids is 1. The van der Waals surface area contributed by atoms with E-state index in [1.807, 2.05) is 32.9 Å². The summed E-state index contributed by atoms with van der Waals surface area (Å²) < 4.78 is 5.39. The van der Waals surface area contributed by atoms with Gasteiger partial charge in [0.2, 0.25) is 0 Å². The second-order valence-corrected chi connectivity index (χ2v) is 6.25. The van der Waals surface area contributed by atoms with Crippen LogP contribution in [0, 0.1) is 17.8 Å². The Labute approximate surface area is 126 Å². The smallest absolute Gasteiger partial charge is 0.410 e. The van der Waals surface area contributed by atoms with E-state index >= 15 is 0 Å². The number of hydrogen-bond donors (Lipinski definition) is 0. The van der Waals surface area contributed by atoms with Crippen LogP contribution >= 0.6 is 0 Å². The van der Waals surface area contributed by atoms with E-state index in [4.69, 9.17) is 4.74 Å². The summed E-state index contributed by atoms with van der Waals surface area (Å²) in [5.41, 5.74) is 0.550. The van der Waals surface area contributed by atoms with Crippen LogP contribution in [0.2, 0.25) is 0 Å². The first-order valence-electron chi connectivity index (χ1n) is 7.33. The van der Waals surface area contributed by atoms with Crippen molar-refractivity contribution in [3.8, 4) is 11.8 Å². The lowest BCUT2D eigenvalue weighted by Gasteiger charge is -2.31. The first-order valence-corrected chi connectivity index (χ1v) is 7.33. The molecule has 1 aromatic rings. The van der Waals surface area contributed by atoms with Gasteiger partial charge in [0.1, 0.15) is 5.60 Å². The second kappa shape index (κ2) is 6.62. The summed E-state index contributed by atoms with van der Waals surface area (Å²) in [5, 5.41) is 0. The molecule has 1 fully saturated rings. The number of likely N-dealkylation sites (tertiary alicyclic amines) is 1. The van der Waals surface area contributed by atoms with Crippen molar-refractivity contribution in [2.45, 2.75) is 39.2 Å². The molecule has 2 heterocycles. The van der Waals surface area contributed by atoms with Crippen molar-refractivity contribution >= 4 is 6.09 Å². The topological polar surface area (TPSA) is 42.4 Å². The second-order valence-electron chi connectivity index (χ2n) is 6.25. The number of pyridine rings is 1. The highest BCUT2D eigenvalue weighted by Crippen LogP contribution is 2.19. The van der Waals surface area contributed by atoms with Gasteiger partial charge in [0.25, 0.3) is 0 Å². The number of ether oxygens (including phenoxy) is 1. The average molecular weight is 286 g/mol. The zero-order valence-corrected chi connectivity index (χ0v) is 12.9. The molecule has 2 rings (SSSR count). The zero-order chi connectivity index (χ0) is 15.3. The van der Waals surface area contributed by atoms with E-state index in [1.54, 1.807) is 17.3 Å². The summed E-state index contributed by atoms with van der Waals surface area (Å²) >= 11 is 0. The fourth-order valence-electron chi connectivity index (χ4n) is 2.15. The van der Waals surface area contributed by atoms with E-state index in [9.17, 15) is 4.79 Å². The molecule has 1 saturated heterocycles. The van der Waals surface area contributed by atoms with Gasteiger partial charge in [-0.1, -0.05) is 11.8 Å². The Kier molecular flexibility index (Phi) is 4.85. The number of nitrogens with zero attached hydrogens (tertiary/aromatic N) is 2. The van der Waals surface area contributed by atoms with Gasteiger partial charge in [0, 0.05) is 37.0 Å². The van der Waals surface area contributed by atoms with Gasteiger partial charge in [-0.2, -0.15) is 0 Å². The zero-order valence-electron chi connectivity index (χ0n) is 12.9. The van der Waals surface area contributed by atoms with Crippen molar-refractivity contribution in [2.75, 3.05) is 13.1 Å². The fourth-order valence-corrected chi connectivity index (χ4v) is 2.15. The summed E-state index contributed by atoms with van der Waals surface area (Å²) in [4.78, 5) is 17.7. The third-order valence-corrected chi connectivity index (χ3v) is 3.25. The molecular formula is C17H22N2O2. The van der Waals surface area contributed by atoms with Crippen LogP contribution in [0.3, 0.4) is 0 Å². The SMILES string of the molecule is CC(C)(C)OC(=O)N1CCC(C#Cc2ccncc2)CC1. The molecule has 21 heavy (non-hydrogen) atoms. The number of carbonyl (C=O) groups is 1. The van der Waals surface area contributed by atoms with E-state index in [2.05, 4.69) is 16.8 Å². The van der Waals surface area contributed by atoms with Gasteiger partial charge in [0.05, 0.1) is 0 Å². The van der Waals surface area contributed by atoms with Crippen LogP contribution in [0.25, 0.3) is 0 Å². The minimum Gasteiger partial charge on any atom is -0.444 e. The highest BCUT2D eigenvalue weighted by molar-refractivity contribution is 5.68. The van der Waals surface area contributed by atoms with Crippen LogP contribution in [0.15, 0.2) is 24.5 Å². The summed E-state index contributed by atoms with van der Waals surface area (Å²) in [6, 6.07) is 3.81. The molecule has 4 heteroatoms. The van der Waals surface area contributed by atoms with Gasteiger partial charge in [0.15, 0.2) is 0 Å². The molecule has 0 spiro atoms. The number of amides is 1.